The average molecular weight is 289 g/mol. The number of nitrogens with two attached hydrogens (primary N) is 1. The molecule has 0 saturated carbocycles. The number of hydrogen-bond donors (Lipinski definition) is 1. The highest BCUT2D eigenvalue weighted by atomic mass is 32.2. The van der Waals surface area contributed by atoms with Crippen molar-refractivity contribution < 1.29 is 9.53 Å². The molecule has 0 spiro atoms. The molecule has 1 unspecified atom stereocenters. The number of benzene rings is 1. The fraction of sp³-hybridized carbons (Fsp3) is 0.286. The molecule has 2 aromatic rings. The lowest BCUT2D eigenvalue weighted by molar-refractivity contribution is 0.0594. The standard InChI is InChI=1S/C14H15N3O2S/c1-19-14(18)13-11(15)7-17(16-13)6-9-8-20-12-5-3-2-4-10(9)12/h2-5,7,9H,6,8,15H2,1H3. The molecule has 0 amide bonds. The fourth-order valence-electron chi connectivity index (χ4n) is 2.39. The van der Waals surface area contributed by atoms with Crippen LogP contribution in [0.15, 0.2) is 35.4 Å². The Bertz CT molecular complexity index is 654. The van der Waals surface area contributed by atoms with Gasteiger partial charge in [0.15, 0.2) is 5.69 Å². The first-order chi connectivity index (χ1) is 9.69. The lowest BCUT2D eigenvalue weighted by atomic mass is 10.0. The van der Waals surface area contributed by atoms with Crippen molar-refractivity contribution in [1.29, 1.82) is 0 Å². The number of rotatable bonds is 3. The highest BCUT2D eigenvalue weighted by Crippen LogP contribution is 2.40. The molecule has 0 radical (unpaired) electrons. The number of nitrogen functional groups attached to an aromatic ring is 1. The summed E-state index contributed by atoms with van der Waals surface area (Å²) in [6.07, 6.45) is 1.69. The van der Waals surface area contributed by atoms with Gasteiger partial charge in [-0.1, -0.05) is 18.2 Å². The van der Waals surface area contributed by atoms with Gasteiger partial charge in [-0.15, -0.1) is 11.8 Å². The van der Waals surface area contributed by atoms with E-state index in [1.54, 1.807) is 10.9 Å². The van der Waals surface area contributed by atoms with Crippen molar-refractivity contribution in [3.63, 3.8) is 0 Å². The van der Waals surface area contributed by atoms with Crippen molar-refractivity contribution in [2.45, 2.75) is 17.4 Å². The number of fused-ring (bicyclic) bond motifs is 1. The number of hydrogen-bond acceptors (Lipinski definition) is 5. The molecule has 1 atom stereocenters. The Labute approximate surface area is 121 Å². The molecular formula is C14H15N3O2S. The minimum atomic E-state index is -0.498. The van der Waals surface area contributed by atoms with Gasteiger partial charge in [0.2, 0.25) is 0 Å². The van der Waals surface area contributed by atoms with Gasteiger partial charge >= 0.3 is 5.97 Å². The number of anilines is 1. The summed E-state index contributed by atoms with van der Waals surface area (Å²) in [5.74, 6) is 0.913. The van der Waals surface area contributed by atoms with Crippen LogP contribution in [-0.4, -0.2) is 28.6 Å². The first-order valence-electron chi connectivity index (χ1n) is 6.32. The zero-order valence-electron chi connectivity index (χ0n) is 11.1. The minimum absolute atomic E-state index is 0.187. The van der Waals surface area contributed by atoms with E-state index < -0.39 is 5.97 Å². The lowest BCUT2D eigenvalue weighted by Gasteiger charge is -2.10. The van der Waals surface area contributed by atoms with Crippen molar-refractivity contribution in [1.82, 2.24) is 9.78 Å². The van der Waals surface area contributed by atoms with Gasteiger partial charge in [0, 0.05) is 29.3 Å². The number of carbonyl (C=O) groups excluding carboxylic acids is 1. The van der Waals surface area contributed by atoms with E-state index in [1.165, 1.54) is 17.6 Å². The Balaban J connectivity index is 1.81. The second-order valence-electron chi connectivity index (χ2n) is 4.69. The molecule has 5 nitrogen and oxygen atoms in total. The van der Waals surface area contributed by atoms with E-state index in [0.717, 1.165) is 5.75 Å². The van der Waals surface area contributed by atoms with Crippen molar-refractivity contribution >= 4 is 23.4 Å². The Morgan fingerprint density at radius 3 is 3.15 bits per heavy atom. The molecule has 104 valence electrons. The number of nitrogens with zero attached hydrogens (tertiary/aromatic N) is 2. The second kappa shape index (κ2) is 5.20. The zero-order chi connectivity index (χ0) is 14.1. The summed E-state index contributed by atoms with van der Waals surface area (Å²) < 4.78 is 6.39. The van der Waals surface area contributed by atoms with Crippen molar-refractivity contribution in [2.24, 2.45) is 0 Å². The monoisotopic (exact) mass is 289 g/mol. The molecule has 2 heterocycles. The fourth-order valence-corrected chi connectivity index (χ4v) is 3.63. The van der Waals surface area contributed by atoms with E-state index in [1.807, 2.05) is 11.8 Å². The van der Waals surface area contributed by atoms with Gasteiger partial charge in [0.25, 0.3) is 0 Å². The van der Waals surface area contributed by atoms with Crippen molar-refractivity contribution in [3.8, 4) is 0 Å². The smallest absolute Gasteiger partial charge is 0.360 e. The largest absolute Gasteiger partial charge is 0.464 e. The number of thioether (sulfide) groups is 1. The van der Waals surface area contributed by atoms with Gasteiger partial charge in [-0.2, -0.15) is 5.10 Å². The molecule has 2 N–H and O–H groups in total. The predicted octanol–water partition coefficient (Wildman–Crippen LogP) is 2.14. The third-order valence-electron chi connectivity index (χ3n) is 3.38. The summed E-state index contributed by atoms with van der Waals surface area (Å²) in [5, 5.41) is 4.22. The highest BCUT2D eigenvalue weighted by Gasteiger charge is 2.24. The molecule has 1 aliphatic heterocycles. The van der Waals surface area contributed by atoms with Gasteiger partial charge < -0.3 is 10.5 Å². The number of methoxy groups -OCH3 is 1. The van der Waals surface area contributed by atoms with Crippen LogP contribution in [0.5, 0.6) is 0 Å². The third-order valence-corrected chi connectivity index (χ3v) is 4.63. The Hall–Kier alpha value is -1.95. The zero-order valence-corrected chi connectivity index (χ0v) is 11.9. The number of carbonyl (C=O) groups is 1. The van der Waals surface area contributed by atoms with Crippen LogP contribution in [0.25, 0.3) is 0 Å². The maximum atomic E-state index is 11.5. The molecule has 0 fully saturated rings. The Kier molecular flexibility index (Phi) is 3.40. The van der Waals surface area contributed by atoms with E-state index in [9.17, 15) is 4.79 Å². The van der Waals surface area contributed by atoms with Crippen LogP contribution in [0, 0.1) is 0 Å². The first-order valence-corrected chi connectivity index (χ1v) is 7.30. The van der Waals surface area contributed by atoms with Crippen LogP contribution in [0.4, 0.5) is 5.69 Å². The first kappa shape index (κ1) is 13.1. The van der Waals surface area contributed by atoms with Crippen LogP contribution in [-0.2, 0) is 11.3 Å². The van der Waals surface area contributed by atoms with Crippen molar-refractivity contribution in [2.75, 3.05) is 18.6 Å². The second-order valence-corrected chi connectivity index (χ2v) is 5.75. The topological polar surface area (TPSA) is 70.1 Å². The normalized spacial score (nSPS) is 16.9. The molecule has 20 heavy (non-hydrogen) atoms. The molecule has 0 saturated heterocycles. The van der Waals surface area contributed by atoms with Gasteiger partial charge in [-0.25, -0.2) is 4.79 Å². The van der Waals surface area contributed by atoms with Crippen LogP contribution < -0.4 is 5.73 Å². The van der Waals surface area contributed by atoms with E-state index in [0.29, 0.717) is 18.2 Å². The Morgan fingerprint density at radius 1 is 1.55 bits per heavy atom. The van der Waals surface area contributed by atoms with Gasteiger partial charge in [0.1, 0.15) is 0 Å². The number of aromatic nitrogens is 2. The van der Waals surface area contributed by atoms with E-state index in [-0.39, 0.29) is 5.69 Å². The maximum Gasteiger partial charge on any atom is 0.360 e. The van der Waals surface area contributed by atoms with Crippen LogP contribution in [0.2, 0.25) is 0 Å². The van der Waals surface area contributed by atoms with Crippen LogP contribution in [0.3, 0.4) is 0 Å². The molecule has 1 aromatic carbocycles. The van der Waals surface area contributed by atoms with E-state index in [2.05, 4.69) is 34.1 Å². The lowest BCUT2D eigenvalue weighted by Crippen LogP contribution is -2.11. The highest BCUT2D eigenvalue weighted by molar-refractivity contribution is 7.99. The summed E-state index contributed by atoms with van der Waals surface area (Å²) in [6, 6.07) is 8.38. The van der Waals surface area contributed by atoms with Gasteiger partial charge in [-0.05, 0) is 11.6 Å². The van der Waals surface area contributed by atoms with E-state index >= 15 is 0 Å². The molecule has 0 bridgehead atoms. The summed E-state index contributed by atoms with van der Waals surface area (Å²) in [5.41, 5.74) is 7.68. The van der Waals surface area contributed by atoms with Crippen LogP contribution >= 0.6 is 11.8 Å². The quantitative estimate of drug-likeness (QED) is 0.877. The molecule has 3 rings (SSSR count). The maximum absolute atomic E-state index is 11.5. The summed E-state index contributed by atoms with van der Waals surface area (Å²) >= 11 is 1.85. The third kappa shape index (κ3) is 2.27. The van der Waals surface area contributed by atoms with Gasteiger partial charge in [0.05, 0.1) is 12.8 Å². The molecule has 0 aliphatic carbocycles. The SMILES string of the molecule is COC(=O)c1nn(CC2CSc3ccccc32)cc1N. The summed E-state index contributed by atoms with van der Waals surface area (Å²) in [6.45, 7) is 0.713. The molecule has 1 aliphatic rings. The van der Waals surface area contributed by atoms with Crippen molar-refractivity contribution in [3.05, 3.63) is 41.7 Å². The molecule has 1 aromatic heterocycles. The van der Waals surface area contributed by atoms with Crippen LogP contribution in [0.1, 0.15) is 22.0 Å². The minimum Gasteiger partial charge on any atom is -0.464 e. The molecular weight excluding hydrogens is 274 g/mol. The number of esters is 1. The predicted molar refractivity (Wildman–Crippen MR) is 77.9 cm³/mol. The molecule has 6 heteroatoms. The Morgan fingerprint density at radius 2 is 2.35 bits per heavy atom. The average Bonchev–Trinajstić information content (AvgIpc) is 3.03. The summed E-state index contributed by atoms with van der Waals surface area (Å²) in [7, 11) is 1.32. The number of ether oxygens (including phenoxy) is 1. The van der Waals surface area contributed by atoms with Gasteiger partial charge in [-0.3, -0.25) is 4.68 Å². The summed E-state index contributed by atoms with van der Waals surface area (Å²) in [4.78, 5) is 12.8. The van der Waals surface area contributed by atoms with E-state index in [4.69, 9.17) is 5.73 Å².